The van der Waals surface area contributed by atoms with E-state index in [4.69, 9.17) is 0 Å². The Hall–Kier alpha value is -1.67. The van der Waals surface area contributed by atoms with Crippen molar-refractivity contribution in [1.29, 1.82) is 0 Å². The van der Waals surface area contributed by atoms with Crippen molar-refractivity contribution in [3.63, 3.8) is 0 Å². The first-order valence-electron chi connectivity index (χ1n) is 6.37. The normalized spacial score (nSPS) is 12.4. The summed E-state index contributed by atoms with van der Waals surface area (Å²) in [4.78, 5) is 4.11. The van der Waals surface area contributed by atoms with E-state index in [1.54, 1.807) is 6.20 Å². The van der Waals surface area contributed by atoms with Gasteiger partial charge in [-0.2, -0.15) is 0 Å². The maximum absolute atomic E-state index is 10.4. The number of nitrogens with zero attached hydrogens (tertiary/aromatic N) is 1. The maximum Gasteiger partial charge on any atom is 0.0834 e. The van der Waals surface area contributed by atoms with Crippen molar-refractivity contribution < 1.29 is 5.11 Å². The zero-order chi connectivity index (χ0) is 13.0. The monoisotopic (exact) mass is 241 g/mol. The molecule has 0 aliphatic rings. The molecule has 18 heavy (non-hydrogen) atoms. The van der Waals surface area contributed by atoms with Crippen molar-refractivity contribution in [2.75, 3.05) is 0 Å². The molecule has 0 aliphatic carbocycles. The molecule has 0 aliphatic heterocycles. The Morgan fingerprint density at radius 1 is 1.17 bits per heavy atom. The number of hydrogen-bond acceptors (Lipinski definition) is 2. The number of aliphatic hydroxyl groups excluding tert-OH is 1. The number of aryl methyl sites for hydroxylation is 2. The first kappa shape index (κ1) is 12.8. The van der Waals surface area contributed by atoms with Crippen molar-refractivity contribution in [2.24, 2.45) is 0 Å². The standard InChI is InChI=1S/C16H19NO/c1-3-13-11-17-9-8-15(13)16(18)10-14-7-5-4-6-12(14)2/h4-9,11,16,18H,3,10H2,1-2H3. The van der Waals surface area contributed by atoms with Crippen LogP contribution in [0.4, 0.5) is 0 Å². The summed E-state index contributed by atoms with van der Waals surface area (Å²) in [5.74, 6) is 0. The van der Waals surface area contributed by atoms with Crippen LogP contribution in [-0.2, 0) is 12.8 Å². The van der Waals surface area contributed by atoms with Crippen LogP contribution in [0.15, 0.2) is 42.7 Å². The van der Waals surface area contributed by atoms with Gasteiger partial charge >= 0.3 is 0 Å². The van der Waals surface area contributed by atoms with Gasteiger partial charge in [0.1, 0.15) is 0 Å². The minimum Gasteiger partial charge on any atom is -0.388 e. The zero-order valence-electron chi connectivity index (χ0n) is 10.9. The third-order valence-electron chi connectivity index (χ3n) is 3.36. The van der Waals surface area contributed by atoms with Gasteiger partial charge in [0.15, 0.2) is 0 Å². The van der Waals surface area contributed by atoms with Gasteiger partial charge in [-0.1, -0.05) is 31.2 Å². The number of hydrogen-bond donors (Lipinski definition) is 1. The number of aromatic nitrogens is 1. The average molecular weight is 241 g/mol. The number of aliphatic hydroxyl groups is 1. The Morgan fingerprint density at radius 3 is 2.67 bits per heavy atom. The average Bonchev–Trinajstić information content (AvgIpc) is 2.41. The van der Waals surface area contributed by atoms with E-state index in [1.807, 2.05) is 24.4 Å². The summed E-state index contributed by atoms with van der Waals surface area (Å²) in [5, 5.41) is 10.4. The summed E-state index contributed by atoms with van der Waals surface area (Å²) in [5.41, 5.74) is 4.54. The highest BCUT2D eigenvalue weighted by molar-refractivity contribution is 5.31. The van der Waals surface area contributed by atoms with Crippen LogP contribution < -0.4 is 0 Å². The van der Waals surface area contributed by atoms with E-state index in [2.05, 4.69) is 31.0 Å². The Labute approximate surface area is 108 Å². The first-order chi connectivity index (χ1) is 8.72. The summed E-state index contributed by atoms with van der Waals surface area (Å²) < 4.78 is 0. The summed E-state index contributed by atoms with van der Waals surface area (Å²) >= 11 is 0. The predicted molar refractivity (Wildman–Crippen MR) is 73.5 cm³/mol. The molecule has 0 amide bonds. The van der Waals surface area contributed by atoms with E-state index in [9.17, 15) is 5.11 Å². The SMILES string of the molecule is CCc1cnccc1C(O)Cc1ccccc1C. The highest BCUT2D eigenvalue weighted by Crippen LogP contribution is 2.23. The second-order valence-electron chi connectivity index (χ2n) is 4.57. The third kappa shape index (κ3) is 2.77. The molecule has 0 spiro atoms. The van der Waals surface area contributed by atoms with Gasteiger partial charge in [-0.15, -0.1) is 0 Å². The van der Waals surface area contributed by atoms with Gasteiger partial charge < -0.3 is 5.11 Å². The molecule has 2 heteroatoms. The minimum absolute atomic E-state index is 0.455. The van der Waals surface area contributed by atoms with Crippen LogP contribution in [0.1, 0.15) is 35.3 Å². The highest BCUT2D eigenvalue weighted by atomic mass is 16.3. The van der Waals surface area contributed by atoms with E-state index >= 15 is 0 Å². The summed E-state index contributed by atoms with van der Waals surface area (Å²) in [6.45, 7) is 4.16. The second-order valence-corrected chi connectivity index (χ2v) is 4.57. The molecule has 1 aromatic heterocycles. The van der Waals surface area contributed by atoms with Crippen molar-refractivity contribution >= 4 is 0 Å². The van der Waals surface area contributed by atoms with Gasteiger partial charge in [0.25, 0.3) is 0 Å². The topological polar surface area (TPSA) is 33.1 Å². The largest absolute Gasteiger partial charge is 0.388 e. The summed E-state index contributed by atoms with van der Waals surface area (Å²) in [6, 6.07) is 10.1. The molecule has 0 bridgehead atoms. The molecule has 1 N–H and O–H groups in total. The smallest absolute Gasteiger partial charge is 0.0834 e. The fraction of sp³-hybridized carbons (Fsp3) is 0.312. The Bertz CT molecular complexity index is 522. The molecule has 1 heterocycles. The quantitative estimate of drug-likeness (QED) is 0.891. The minimum atomic E-state index is -0.455. The molecule has 0 saturated heterocycles. The van der Waals surface area contributed by atoms with Crippen LogP contribution in [0.2, 0.25) is 0 Å². The van der Waals surface area contributed by atoms with E-state index < -0.39 is 6.10 Å². The van der Waals surface area contributed by atoms with Crippen LogP contribution in [0, 0.1) is 6.92 Å². The zero-order valence-corrected chi connectivity index (χ0v) is 10.9. The molecule has 2 aromatic rings. The molecular weight excluding hydrogens is 222 g/mol. The maximum atomic E-state index is 10.4. The van der Waals surface area contributed by atoms with Gasteiger partial charge in [-0.05, 0) is 41.7 Å². The Balaban J connectivity index is 2.22. The fourth-order valence-electron chi connectivity index (χ4n) is 2.22. The lowest BCUT2D eigenvalue weighted by atomic mass is 9.95. The molecule has 0 fully saturated rings. The van der Waals surface area contributed by atoms with Gasteiger partial charge in [0.05, 0.1) is 6.10 Å². The summed E-state index contributed by atoms with van der Waals surface area (Å²) in [6.07, 6.45) is 4.69. The van der Waals surface area contributed by atoms with Crippen molar-refractivity contribution in [3.05, 3.63) is 65.0 Å². The van der Waals surface area contributed by atoms with Crippen LogP contribution in [-0.4, -0.2) is 10.1 Å². The molecule has 0 radical (unpaired) electrons. The second kappa shape index (κ2) is 5.78. The van der Waals surface area contributed by atoms with E-state index in [-0.39, 0.29) is 0 Å². The van der Waals surface area contributed by atoms with Crippen LogP contribution in [0.3, 0.4) is 0 Å². The van der Waals surface area contributed by atoms with Crippen molar-refractivity contribution in [1.82, 2.24) is 4.98 Å². The van der Waals surface area contributed by atoms with Crippen LogP contribution in [0.25, 0.3) is 0 Å². The molecule has 1 unspecified atom stereocenters. The lowest BCUT2D eigenvalue weighted by molar-refractivity contribution is 0.177. The molecule has 1 aromatic carbocycles. The van der Waals surface area contributed by atoms with Crippen molar-refractivity contribution in [3.8, 4) is 0 Å². The van der Waals surface area contributed by atoms with E-state index in [0.29, 0.717) is 6.42 Å². The van der Waals surface area contributed by atoms with Crippen LogP contribution >= 0.6 is 0 Å². The Morgan fingerprint density at radius 2 is 1.94 bits per heavy atom. The fourth-order valence-corrected chi connectivity index (χ4v) is 2.22. The van der Waals surface area contributed by atoms with Gasteiger partial charge in [0.2, 0.25) is 0 Å². The van der Waals surface area contributed by atoms with Crippen molar-refractivity contribution in [2.45, 2.75) is 32.8 Å². The number of pyridine rings is 1. The van der Waals surface area contributed by atoms with Gasteiger partial charge in [-0.3, -0.25) is 4.98 Å². The number of rotatable bonds is 4. The third-order valence-corrected chi connectivity index (χ3v) is 3.36. The van der Waals surface area contributed by atoms with Crippen LogP contribution in [0.5, 0.6) is 0 Å². The molecular formula is C16H19NO. The highest BCUT2D eigenvalue weighted by Gasteiger charge is 2.13. The van der Waals surface area contributed by atoms with Gasteiger partial charge in [0, 0.05) is 18.8 Å². The number of benzene rings is 1. The lowest BCUT2D eigenvalue weighted by Gasteiger charge is -2.15. The molecule has 1 atom stereocenters. The van der Waals surface area contributed by atoms with E-state index in [1.165, 1.54) is 11.1 Å². The van der Waals surface area contributed by atoms with Gasteiger partial charge in [-0.25, -0.2) is 0 Å². The van der Waals surface area contributed by atoms with E-state index in [0.717, 1.165) is 17.5 Å². The lowest BCUT2D eigenvalue weighted by Crippen LogP contribution is -2.06. The molecule has 0 saturated carbocycles. The molecule has 2 rings (SSSR count). The summed E-state index contributed by atoms with van der Waals surface area (Å²) in [7, 11) is 0. The Kier molecular flexibility index (Phi) is 4.11. The predicted octanol–water partition coefficient (Wildman–Crippen LogP) is 3.23. The molecule has 94 valence electrons. The molecule has 2 nitrogen and oxygen atoms in total. The first-order valence-corrected chi connectivity index (χ1v) is 6.37.